The number of hydrogen-bond acceptors (Lipinski definition) is 2. The Kier molecular flexibility index (Phi) is 4.05. The van der Waals surface area contributed by atoms with Crippen LogP contribution in [0.1, 0.15) is 22.3 Å². The number of rotatable bonds is 3. The summed E-state index contributed by atoms with van der Waals surface area (Å²) >= 11 is 0. The quantitative estimate of drug-likeness (QED) is 0.936. The number of halogens is 1. The van der Waals surface area contributed by atoms with Crippen LogP contribution in [0, 0.1) is 33.5 Å². The van der Waals surface area contributed by atoms with E-state index in [-0.39, 0.29) is 4.90 Å². The van der Waals surface area contributed by atoms with Crippen molar-refractivity contribution >= 4 is 15.7 Å². The van der Waals surface area contributed by atoms with Gasteiger partial charge < -0.3 is 0 Å². The zero-order valence-electron chi connectivity index (χ0n) is 12.5. The zero-order chi connectivity index (χ0) is 15.8. The molecule has 2 aromatic rings. The van der Waals surface area contributed by atoms with Crippen molar-refractivity contribution < 1.29 is 12.8 Å². The van der Waals surface area contributed by atoms with Gasteiger partial charge in [0.05, 0.1) is 4.90 Å². The minimum absolute atomic E-state index is 0.257. The molecular weight excluding hydrogens is 289 g/mol. The van der Waals surface area contributed by atoms with Gasteiger partial charge in [0, 0.05) is 5.69 Å². The van der Waals surface area contributed by atoms with Gasteiger partial charge in [-0.2, -0.15) is 0 Å². The zero-order valence-corrected chi connectivity index (χ0v) is 13.3. The van der Waals surface area contributed by atoms with Crippen LogP contribution in [0.25, 0.3) is 0 Å². The Morgan fingerprint density at radius 2 is 1.48 bits per heavy atom. The van der Waals surface area contributed by atoms with Gasteiger partial charge in [-0.15, -0.1) is 0 Å². The van der Waals surface area contributed by atoms with E-state index in [0.717, 1.165) is 22.3 Å². The normalized spacial score (nSPS) is 11.5. The monoisotopic (exact) mass is 307 g/mol. The smallest absolute Gasteiger partial charge is 0.262 e. The maximum atomic E-state index is 12.9. The third-order valence-corrected chi connectivity index (χ3v) is 5.33. The average Bonchev–Trinajstić information content (AvgIpc) is 2.42. The third-order valence-electron chi connectivity index (χ3n) is 3.82. The van der Waals surface area contributed by atoms with Crippen molar-refractivity contribution in [1.82, 2.24) is 0 Å². The lowest BCUT2D eigenvalue weighted by Gasteiger charge is -2.15. The fraction of sp³-hybridized carbons (Fsp3) is 0.250. The molecule has 0 radical (unpaired) electrons. The first kappa shape index (κ1) is 15.5. The fourth-order valence-electron chi connectivity index (χ4n) is 2.18. The van der Waals surface area contributed by atoms with E-state index in [1.807, 2.05) is 20.8 Å². The molecule has 1 N–H and O–H groups in total. The van der Waals surface area contributed by atoms with Crippen molar-refractivity contribution in [3.05, 3.63) is 58.4 Å². The fourth-order valence-corrected chi connectivity index (χ4v) is 3.63. The second-order valence-electron chi connectivity index (χ2n) is 5.18. The van der Waals surface area contributed by atoms with Crippen LogP contribution < -0.4 is 4.72 Å². The number of benzene rings is 2. The molecule has 2 rings (SSSR count). The highest BCUT2D eigenvalue weighted by Crippen LogP contribution is 2.26. The molecule has 0 unspecified atom stereocenters. The summed E-state index contributed by atoms with van der Waals surface area (Å²) in [6.07, 6.45) is 0. The predicted octanol–water partition coefficient (Wildman–Crippen LogP) is 3.86. The van der Waals surface area contributed by atoms with Crippen molar-refractivity contribution in [2.75, 3.05) is 4.72 Å². The van der Waals surface area contributed by atoms with Gasteiger partial charge in [0.1, 0.15) is 5.82 Å². The molecule has 112 valence electrons. The van der Waals surface area contributed by atoms with Crippen molar-refractivity contribution in [1.29, 1.82) is 0 Å². The van der Waals surface area contributed by atoms with E-state index in [4.69, 9.17) is 0 Å². The van der Waals surface area contributed by atoms with E-state index in [1.54, 1.807) is 13.0 Å². The highest BCUT2D eigenvalue weighted by molar-refractivity contribution is 7.92. The second kappa shape index (κ2) is 5.48. The van der Waals surface area contributed by atoms with Gasteiger partial charge in [-0.25, -0.2) is 12.8 Å². The molecule has 0 bridgehead atoms. The predicted molar refractivity (Wildman–Crippen MR) is 82.6 cm³/mol. The Labute approximate surface area is 124 Å². The van der Waals surface area contributed by atoms with Crippen LogP contribution in [0.5, 0.6) is 0 Å². The largest absolute Gasteiger partial charge is 0.280 e. The molecule has 2 aromatic carbocycles. The van der Waals surface area contributed by atoms with E-state index < -0.39 is 15.8 Å². The molecule has 0 fully saturated rings. The van der Waals surface area contributed by atoms with Gasteiger partial charge in [0.25, 0.3) is 10.0 Å². The highest BCUT2D eigenvalue weighted by atomic mass is 32.2. The summed E-state index contributed by atoms with van der Waals surface area (Å²) < 4.78 is 40.4. The molecule has 0 saturated carbocycles. The Hall–Kier alpha value is -1.88. The van der Waals surface area contributed by atoms with Crippen molar-refractivity contribution in [3.8, 4) is 0 Å². The van der Waals surface area contributed by atoms with E-state index in [9.17, 15) is 12.8 Å². The lowest BCUT2D eigenvalue weighted by Crippen LogP contribution is -2.15. The number of nitrogens with one attached hydrogen (secondary N) is 1. The summed E-state index contributed by atoms with van der Waals surface area (Å²) in [5, 5.41) is 0. The lowest BCUT2D eigenvalue weighted by molar-refractivity contribution is 0.600. The van der Waals surface area contributed by atoms with Crippen molar-refractivity contribution in [3.63, 3.8) is 0 Å². The molecule has 0 aliphatic rings. The van der Waals surface area contributed by atoms with Gasteiger partial charge in [-0.1, -0.05) is 0 Å². The topological polar surface area (TPSA) is 46.2 Å². The molecular formula is C16H18FNO2S. The molecule has 0 aliphatic heterocycles. The van der Waals surface area contributed by atoms with Gasteiger partial charge in [-0.3, -0.25) is 4.72 Å². The van der Waals surface area contributed by atoms with Gasteiger partial charge in [0.2, 0.25) is 0 Å². The van der Waals surface area contributed by atoms with E-state index in [0.29, 0.717) is 5.69 Å². The van der Waals surface area contributed by atoms with Crippen LogP contribution in [-0.4, -0.2) is 8.42 Å². The molecule has 0 amide bonds. The molecule has 5 heteroatoms. The Balaban J connectivity index is 2.47. The van der Waals surface area contributed by atoms with E-state index in [2.05, 4.69) is 4.72 Å². The van der Waals surface area contributed by atoms with Crippen LogP contribution in [0.2, 0.25) is 0 Å². The summed E-state index contributed by atoms with van der Waals surface area (Å²) in [7, 11) is -3.69. The maximum absolute atomic E-state index is 12.9. The second-order valence-corrected chi connectivity index (χ2v) is 6.83. The summed E-state index contributed by atoms with van der Waals surface area (Å²) in [6, 6.07) is 6.91. The molecule has 0 spiro atoms. The number of anilines is 1. The average molecular weight is 307 g/mol. The van der Waals surface area contributed by atoms with Crippen LogP contribution in [-0.2, 0) is 10.0 Å². The first-order valence-electron chi connectivity index (χ1n) is 6.58. The summed E-state index contributed by atoms with van der Waals surface area (Å²) in [4.78, 5) is 0.257. The Morgan fingerprint density at radius 1 is 0.905 bits per heavy atom. The minimum Gasteiger partial charge on any atom is -0.280 e. The lowest BCUT2D eigenvalue weighted by atomic mass is 10.00. The Bertz CT molecular complexity index is 781. The number of aryl methyl sites for hydroxylation is 1. The van der Waals surface area contributed by atoms with E-state index in [1.165, 1.54) is 24.3 Å². The summed E-state index contributed by atoms with van der Waals surface area (Å²) in [5.41, 5.74) is 4.06. The highest BCUT2D eigenvalue weighted by Gasteiger charge is 2.20. The molecule has 3 nitrogen and oxygen atoms in total. The molecule has 0 aromatic heterocycles. The van der Waals surface area contributed by atoms with Crippen LogP contribution in [0.4, 0.5) is 10.1 Å². The van der Waals surface area contributed by atoms with Gasteiger partial charge >= 0.3 is 0 Å². The van der Waals surface area contributed by atoms with Gasteiger partial charge in [-0.05, 0) is 80.3 Å². The molecule has 0 saturated heterocycles. The van der Waals surface area contributed by atoms with Gasteiger partial charge in [0.15, 0.2) is 0 Å². The molecule has 0 aliphatic carbocycles. The third kappa shape index (κ3) is 3.08. The van der Waals surface area contributed by atoms with Crippen molar-refractivity contribution in [2.24, 2.45) is 0 Å². The molecule has 0 heterocycles. The van der Waals surface area contributed by atoms with Crippen LogP contribution >= 0.6 is 0 Å². The number of sulfonamides is 1. The first-order valence-corrected chi connectivity index (χ1v) is 8.06. The molecule has 0 atom stereocenters. The van der Waals surface area contributed by atoms with Crippen LogP contribution in [0.15, 0.2) is 35.2 Å². The molecule has 21 heavy (non-hydrogen) atoms. The summed E-state index contributed by atoms with van der Waals surface area (Å²) in [5.74, 6) is -0.406. The van der Waals surface area contributed by atoms with Crippen LogP contribution in [0.3, 0.4) is 0 Å². The minimum atomic E-state index is -3.69. The Morgan fingerprint density at radius 3 is 2.05 bits per heavy atom. The first-order chi connectivity index (χ1) is 9.72. The van der Waals surface area contributed by atoms with E-state index >= 15 is 0 Å². The standard InChI is InChI=1S/C16H18FNO2S/c1-10-9-16(13(4)12(3)11(10)2)21(19,20)18-15-7-5-14(17)6-8-15/h5-9,18H,1-4H3. The maximum Gasteiger partial charge on any atom is 0.262 e. The number of hydrogen-bond donors (Lipinski definition) is 1. The van der Waals surface area contributed by atoms with Crippen molar-refractivity contribution in [2.45, 2.75) is 32.6 Å². The SMILES string of the molecule is Cc1cc(S(=O)(=O)Nc2ccc(F)cc2)c(C)c(C)c1C. The summed E-state index contributed by atoms with van der Waals surface area (Å²) in [6.45, 7) is 7.57.